The molecule has 1 fully saturated rings. The Balaban J connectivity index is 2.02. The first-order chi connectivity index (χ1) is 9.11. The quantitative estimate of drug-likeness (QED) is 0.857. The van der Waals surface area contributed by atoms with Crippen molar-refractivity contribution in [1.82, 2.24) is 4.90 Å². The summed E-state index contributed by atoms with van der Waals surface area (Å²) in [6.07, 6.45) is 1.88. The van der Waals surface area contributed by atoms with E-state index in [1.54, 1.807) is 12.1 Å². The van der Waals surface area contributed by atoms with Gasteiger partial charge in [-0.2, -0.15) is 0 Å². The fourth-order valence-electron chi connectivity index (χ4n) is 2.31. The number of amides is 1. The van der Waals surface area contributed by atoms with E-state index in [1.807, 2.05) is 4.90 Å². The highest BCUT2D eigenvalue weighted by Gasteiger charge is 2.22. The second kappa shape index (κ2) is 5.84. The summed E-state index contributed by atoms with van der Waals surface area (Å²) in [5.74, 6) is -0.506. The van der Waals surface area contributed by atoms with Crippen molar-refractivity contribution in [1.29, 1.82) is 0 Å². The number of hydrogen-bond donors (Lipinski definition) is 2. The Bertz CT molecular complexity index is 462. The number of carbonyl (C=O) groups is 2. The van der Waals surface area contributed by atoms with Gasteiger partial charge in [-0.25, -0.2) is 4.79 Å². The molecule has 1 aliphatic heterocycles. The smallest absolute Gasteiger partial charge is 0.335 e. The summed E-state index contributed by atoms with van der Waals surface area (Å²) in [7, 11) is 0. The summed E-state index contributed by atoms with van der Waals surface area (Å²) in [6, 6.07) is 6.06. The molecular formula is C14H18N2O3. The molecule has 0 aromatic heterocycles. The third-order valence-electron chi connectivity index (χ3n) is 3.61. The van der Waals surface area contributed by atoms with Gasteiger partial charge in [0.2, 0.25) is 0 Å². The molecule has 0 aliphatic carbocycles. The van der Waals surface area contributed by atoms with Crippen molar-refractivity contribution in [2.45, 2.75) is 12.8 Å². The van der Waals surface area contributed by atoms with Gasteiger partial charge in [0.25, 0.3) is 5.91 Å². The summed E-state index contributed by atoms with van der Waals surface area (Å²) >= 11 is 0. The maximum Gasteiger partial charge on any atom is 0.335 e. The number of hydrogen-bond acceptors (Lipinski definition) is 3. The number of rotatable bonds is 3. The maximum absolute atomic E-state index is 12.2. The Labute approximate surface area is 112 Å². The van der Waals surface area contributed by atoms with Crippen LogP contribution in [0.15, 0.2) is 24.3 Å². The van der Waals surface area contributed by atoms with Crippen molar-refractivity contribution in [3.05, 3.63) is 35.4 Å². The van der Waals surface area contributed by atoms with Gasteiger partial charge >= 0.3 is 5.97 Å². The average Bonchev–Trinajstić information content (AvgIpc) is 2.46. The zero-order valence-corrected chi connectivity index (χ0v) is 10.7. The van der Waals surface area contributed by atoms with Crippen molar-refractivity contribution in [3.63, 3.8) is 0 Å². The first-order valence-electron chi connectivity index (χ1n) is 6.44. The lowest BCUT2D eigenvalue weighted by Gasteiger charge is -2.31. The number of likely N-dealkylation sites (tertiary alicyclic amines) is 1. The lowest BCUT2D eigenvalue weighted by Crippen LogP contribution is -2.40. The van der Waals surface area contributed by atoms with E-state index >= 15 is 0 Å². The minimum atomic E-state index is -0.984. The summed E-state index contributed by atoms with van der Waals surface area (Å²) in [4.78, 5) is 24.8. The Morgan fingerprint density at radius 3 is 2.16 bits per heavy atom. The van der Waals surface area contributed by atoms with Crippen LogP contribution in [0.2, 0.25) is 0 Å². The van der Waals surface area contributed by atoms with Crippen LogP contribution >= 0.6 is 0 Å². The number of carboxylic acids is 1. The van der Waals surface area contributed by atoms with Gasteiger partial charge in [0.1, 0.15) is 0 Å². The molecule has 5 nitrogen and oxygen atoms in total. The lowest BCUT2D eigenvalue weighted by atomic mass is 9.96. The van der Waals surface area contributed by atoms with Gasteiger partial charge in [0, 0.05) is 18.7 Å². The standard InChI is InChI=1S/C14H18N2O3/c15-9-10-5-7-16(8-6-10)13(17)11-1-3-12(4-2-11)14(18)19/h1-4,10H,5-9,15H2,(H,18,19). The first kappa shape index (κ1) is 13.5. The monoisotopic (exact) mass is 262 g/mol. The molecule has 0 bridgehead atoms. The van der Waals surface area contributed by atoms with Crippen LogP contribution in [0.3, 0.4) is 0 Å². The molecule has 1 aliphatic rings. The second-order valence-corrected chi connectivity index (χ2v) is 4.85. The normalized spacial score (nSPS) is 16.4. The van der Waals surface area contributed by atoms with Crippen molar-refractivity contribution in [3.8, 4) is 0 Å². The van der Waals surface area contributed by atoms with Crippen LogP contribution in [0.5, 0.6) is 0 Å². The van der Waals surface area contributed by atoms with Crippen LogP contribution in [0.4, 0.5) is 0 Å². The fraction of sp³-hybridized carbons (Fsp3) is 0.429. The zero-order valence-electron chi connectivity index (χ0n) is 10.7. The van der Waals surface area contributed by atoms with E-state index in [2.05, 4.69) is 0 Å². The van der Waals surface area contributed by atoms with Gasteiger partial charge in [-0.05, 0) is 49.6 Å². The van der Waals surface area contributed by atoms with Crippen molar-refractivity contribution in [2.75, 3.05) is 19.6 Å². The topological polar surface area (TPSA) is 83.6 Å². The summed E-state index contributed by atoms with van der Waals surface area (Å²) in [5, 5.41) is 8.81. The number of aromatic carboxylic acids is 1. The van der Waals surface area contributed by atoms with E-state index in [9.17, 15) is 9.59 Å². The molecule has 0 spiro atoms. The fourth-order valence-corrected chi connectivity index (χ4v) is 2.31. The molecule has 0 saturated carbocycles. The Morgan fingerprint density at radius 1 is 1.16 bits per heavy atom. The van der Waals surface area contributed by atoms with Crippen LogP contribution in [-0.4, -0.2) is 41.5 Å². The van der Waals surface area contributed by atoms with Gasteiger partial charge in [-0.1, -0.05) is 0 Å². The van der Waals surface area contributed by atoms with Crippen LogP contribution in [0.25, 0.3) is 0 Å². The number of benzene rings is 1. The molecule has 5 heteroatoms. The second-order valence-electron chi connectivity index (χ2n) is 4.85. The van der Waals surface area contributed by atoms with E-state index in [-0.39, 0.29) is 11.5 Å². The minimum absolute atomic E-state index is 0.0348. The van der Waals surface area contributed by atoms with Crippen molar-refractivity contribution >= 4 is 11.9 Å². The molecule has 1 saturated heterocycles. The molecule has 102 valence electrons. The average molecular weight is 262 g/mol. The van der Waals surface area contributed by atoms with E-state index in [4.69, 9.17) is 10.8 Å². The van der Waals surface area contributed by atoms with Gasteiger partial charge in [-0.3, -0.25) is 4.79 Å². The van der Waals surface area contributed by atoms with E-state index in [1.165, 1.54) is 12.1 Å². The molecule has 1 aromatic rings. The summed E-state index contributed by atoms with van der Waals surface area (Å²) in [5.41, 5.74) is 6.35. The number of nitrogens with zero attached hydrogens (tertiary/aromatic N) is 1. The molecule has 1 amide bonds. The summed E-state index contributed by atoms with van der Waals surface area (Å²) < 4.78 is 0. The third kappa shape index (κ3) is 3.12. The largest absolute Gasteiger partial charge is 0.478 e. The molecule has 19 heavy (non-hydrogen) atoms. The molecular weight excluding hydrogens is 244 g/mol. The minimum Gasteiger partial charge on any atom is -0.478 e. The maximum atomic E-state index is 12.2. The van der Waals surface area contributed by atoms with Crippen LogP contribution < -0.4 is 5.73 Å². The van der Waals surface area contributed by atoms with Gasteiger partial charge in [0.15, 0.2) is 0 Å². The van der Waals surface area contributed by atoms with Crippen LogP contribution in [-0.2, 0) is 0 Å². The van der Waals surface area contributed by atoms with E-state index in [0.717, 1.165) is 25.9 Å². The number of carbonyl (C=O) groups excluding carboxylic acids is 1. The molecule has 0 atom stereocenters. The lowest BCUT2D eigenvalue weighted by molar-refractivity contribution is 0.0681. The number of carboxylic acid groups (broad SMARTS) is 1. The zero-order chi connectivity index (χ0) is 13.8. The molecule has 0 radical (unpaired) electrons. The van der Waals surface area contributed by atoms with Crippen molar-refractivity contribution < 1.29 is 14.7 Å². The molecule has 1 aromatic carbocycles. The highest BCUT2D eigenvalue weighted by molar-refractivity contribution is 5.95. The molecule has 2 rings (SSSR count). The third-order valence-corrected chi connectivity index (χ3v) is 3.61. The van der Waals surface area contributed by atoms with E-state index in [0.29, 0.717) is 18.0 Å². The summed E-state index contributed by atoms with van der Waals surface area (Å²) in [6.45, 7) is 2.12. The predicted octanol–water partition coefficient (Wildman–Crippen LogP) is 1.20. The Morgan fingerprint density at radius 2 is 1.68 bits per heavy atom. The highest BCUT2D eigenvalue weighted by atomic mass is 16.4. The van der Waals surface area contributed by atoms with Crippen LogP contribution in [0.1, 0.15) is 33.6 Å². The Kier molecular flexibility index (Phi) is 4.16. The highest BCUT2D eigenvalue weighted by Crippen LogP contribution is 2.18. The van der Waals surface area contributed by atoms with Gasteiger partial charge in [0.05, 0.1) is 5.56 Å². The molecule has 1 heterocycles. The van der Waals surface area contributed by atoms with Crippen LogP contribution in [0, 0.1) is 5.92 Å². The number of nitrogens with two attached hydrogens (primary N) is 1. The number of piperidine rings is 1. The van der Waals surface area contributed by atoms with E-state index < -0.39 is 5.97 Å². The first-order valence-corrected chi connectivity index (χ1v) is 6.44. The SMILES string of the molecule is NCC1CCN(C(=O)c2ccc(C(=O)O)cc2)CC1. The molecule has 0 unspecified atom stereocenters. The van der Waals surface area contributed by atoms with Gasteiger partial charge < -0.3 is 15.7 Å². The Hall–Kier alpha value is -1.88. The predicted molar refractivity (Wildman–Crippen MR) is 71.1 cm³/mol. The molecule has 3 N–H and O–H groups in total. The van der Waals surface area contributed by atoms with Gasteiger partial charge in [-0.15, -0.1) is 0 Å². The van der Waals surface area contributed by atoms with Crippen molar-refractivity contribution in [2.24, 2.45) is 11.7 Å².